The number of carbonyl (C=O) groups excluding carboxylic acids is 2. The lowest BCUT2D eigenvalue weighted by Gasteiger charge is -2.17. The van der Waals surface area contributed by atoms with Crippen LogP contribution in [0.25, 0.3) is 0 Å². The van der Waals surface area contributed by atoms with Crippen molar-refractivity contribution in [2.75, 3.05) is 13.1 Å². The van der Waals surface area contributed by atoms with Crippen molar-refractivity contribution in [1.29, 1.82) is 0 Å². The van der Waals surface area contributed by atoms with Crippen LogP contribution in [0.4, 0.5) is 13.2 Å². The highest BCUT2D eigenvalue weighted by molar-refractivity contribution is 5.94. The summed E-state index contributed by atoms with van der Waals surface area (Å²) in [4.78, 5) is 25.7. The predicted molar refractivity (Wildman–Crippen MR) is 98.7 cm³/mol. The Hall–Kier alpha value is -2.83. The highest BCUT2D eigenvalue weighted by Gasteiger charge is 2.31. The van der Waals surface area contributed by atoms with Crippen LogP contribution in [0.5, 0.6) is 0 Å². The first-order valence-electron chi connectivity index (χ1n) is 9.08. The molecule has 2 aromatic carbocycles. The number of amides is 2. The number of halogens is 3. The van der Waals surface area contributed by atoms with Crippen molar-refractivity contribution in [1.82, 2.24) is 4.90 Å². The highest BCUT2D eigenvalue weighted by atomic mass is 19.4. The third-order valence-corrected chi connectivity index (χ3v) is 5.14. The molecule has 1 unspecified atom stereocenters. The van der Waals surface area contributed by atoms with Gasteiger partial charge >= 0.3 is 6.18 Å². The minimum absolute atomic E-state index is 0.0316. The third-order valence-electron chi connectivity index (χ3n) is 5.14. The summed E-state index contributed by atoms with van der Waals surface area (Å²) in [5.41, 5.74) is 6.65. The van der Waals surface area contributed by atoms with Gasteiger partial charge in [0.1, 0.15) is 0 Å². The molecule has 3 rings (SSSR count). The molecule has 0 bridgehead atoms. The molecule has 0 saturated carbocycles. The van der Waals surface area contributed by atoms with Crippen LogP contribution in [0.2, 0.25) is 0 Å². The van der Waals surface area contributed by atoms with Crippen LogP contribution in [-0.4, -0.2) is 29.8 Å². The van der Waals surface area contributed by atoms with Gasteiger partial charge in [0, 0.05) is 31.0 Å². The lowest BCUT2D eigenvalue weighted by atomic mass is 9.97. The van der Waals surface area contributed by atoms with E-state index in [1.165, 1.54) is 12.1 Å². The molecule has 4 nitrogen and oxygen atoms in total. The molecule has 0 aliphatic carbocycles. The zero-order chi connectivity index (χ0) is 20.3. The molecule has 1 fully saturated rings. The van der Waals surface area contributed by atoms with Crippen molar-refractivity contribution >= 4 is 11.8 Å². The van der Waals surface area contributed by atoms with E-state index in [9.17, 15) is 22.8 Å². The fourth-order valence-corrected chi connectivity index (χ4v) is 3.58. The van der Waals surface area contributed by atoms with Gasteiger partial charge in [-0.25, -0.2) is 0 Å². The van der Waals surface area contributed by atoms with E-state index in [4.69, 9.17) is 5.73 Å². The minimum Gasteiger partial charge on any atom is -0.366 e. The van der Waals surface area contributed by atoms with Crippen molar-refractivity contribution in [2.45, 2.75) is 31.4 Å². The van der Waals surface area contributed by atoms with E-state index < -0.39 is 17.6 Å². The molecule has 0 aromatic heterocycles. The summed E-state index contributed by atoms with van der Waals surface area (Å²) in [7, 11) is 0. The van der Waals surface area contributed by atoms with Gasteiger partial charge in [-0.3, -0.25) is 9.59 Å². The number of likely N-dealkylation sites (tertiary alicyclic amines) is 1. The Morgan fingerprint density at radius 1 is 1.07 bits per heavy atom. The largest absolute Gasteiger partial charge is 0.416 e. The molecule has 1 aliphatic rings. The number of alkyl halides is 3. The number of aryl methyl sites for hydroxylation is 1. The molecule has 1 atom stereocenters. The molecular formula is C21H21F3N2O2. The quantitative estimate of drug-likeness (QED) is 0.845. The minimum atomic E-state index is -4.35. The molecule has 28 heavy (non-hydrogen) atoms. The molecule has 2 aromatic rings. The van der Waals surface area contributed by atoms with E-state index >= 15 is 0 Å². The molecule has 2 N–H and O–H groups in total. The first kappa shape index (κ1) is 19.9. The second kappa shape index (κ2) is 8.04. The van der Waals surface area contributed by atoms with Crippen molar-refractivity contribution < 1.29 is 22.8 Å². The van der Waals surface area contributed by atoms with E-state index in [-0.39, 0.29) is 18.2 Å². The number of carbonyl (C=O) groups is 2. The van der Waals surface area contributed by atoms with E-state index in [1.807, 2.05) is 0 Å². The Balaban J connectivity index is 1.58. The summed E-state index contributed by atoms with van der Waals surface area (Å²) >= 11 is 0. The SMILES string of the molecule is NC(=O)c1ccccc1CCC(=O)N1CCC(c2ccc(C(F)(F)F)cc2)C1. The summed E-state index contributed by atoms with van der Waals surface area (Å²) in [6.07, 6.45) is -2.96. The molecule has 0 radical (unpaired) electrons. The summed E-state index contributed by atoms with van der Waals surface area (Å²) in [6, 6.07) is 12.1. The Bertz CT molecular complexity index is 863. The van der Waals surface area contributed by atoms with Crippen molar-refractivity contribution in [2.24, 2.45) is 5.73 Å². The van der Waals surface area contributed by atoms with Gasteiger partial charge in [-0.2, -0.15) is 13.2 Å². The second-order valence-electron chi connectivity index (χ2n) is 6.97. The fraction of sp³-hybridized carbons (Fsp3) is 0.333. The second-order valence-corrected chi connectivity index (χ2v) is 6.97. The number of nitrogens with zero attached hydrogens (tertiary/aromatic N) is 1. The van der Waals surface area contributed by atoms with Crippen molar-refractivity contribution in [3.05, 3.63) is 70.8 Å². The van der Waals surface area contributed by atoms with Gasteiger partial charge in [0.25, 0.3) is 0 Å². The lowest BCUT2D eigenvalue weighted by Crippen LogP contribution is -2.28. The Kier molecular flexibility index (Phi) is 5.72. The lowest BCUT2D eigenvalue weighted by molar-refractivity contribution is -0.137. The number of benzene rings is 2. The number of rotatable bonds is 5. The van der Waals surface area contributed by atoms with E-state index in [0.717, 1.165) is 29.7 Å². The predicted octanol–water partition coefficient (Wildman–Crippen LogP) is 3.75. The maximum Gasteiger partial charge on any atom is 0.416 e. The van der Waals surface area contributed by atoms with Crippen LogP contribution in [-0.2, 0) is 17.4 Å². The first-order valence-corrected chi connectivity index (χ1v) is 9.08. The maximum atomic E-state index is 12.7. The van der Waals surface area contributed by atoms with Gasteiger partial charge in [0.2, 0.25) is 11.8 Å². The molecule has 1 aliphatic heterocycles. The van der Waals surface area contributed by atoms with Gasteiger partial charge in [-0.15, -0.1) is 0 Å². The summed E-state index contributed by atoms with van der Waals surface area (Å²) in [6.45, 7) is 1.06. The van der Waals surface area contributed by atoms with Crippen LogP contribution >= 0.6 is 0 Å². The average molecular weight is 390 g/mol. The van der Waals surface area contributed by atoms with Gasteiger partial charge in [0.05, 0.1) is 5.56 Å². The average Bonchev–Trinajstić information content (AvgIpc) is 3.16. The maximum absolute atomic E-state index is 12.7. The van der Waals surface area contributed by atoms with E-state index in [0.29, 0.717) is 25.1 Å². The van der Waals surface area contributed by atoms with Crippen LogP contribution in [0.3, 0.4) is 0 Å². The first-order chi connectivity index (χ1) is 13.3. The van der Waals surface area contributed by atoms with Crippen LogP contribution < -0.4 is 5.73 Å². The summed E-state index contributed by atoms with van der Waals surface area (Å²) in [5, 5.41) is 0. The van der Waals surface area contributed by atoms with Crippen LogP contribution in [0, 0.1) is 0 Å². The van der Waals surface area contributed by atoms with Crippen LogP contribution in [0.1, 0.15) is 45.8 Å². The zero-order valence-corrected chi connectivity index (χ0v) is 15.2. The third kappa shape index (κ3) is 4.52. The summed E-state index contributed by atoms with van der Waals surface area (Å²) in [5.74, 6) is -0.524. The Morgan fingerprint density at radius 2 is 1.75 bits per heavy atom. The topological polar surface area (TPSA) is 63.4 Å². The monoisotopic (exact) mass is 390 g/mol. The smallest absolute Gasteiger partial charge is 0.366 e. The number of hydrogen-bond donors (Lipinski definition) is 1. The van der Waals surface area contributed by atoms with Gasteiger partial charge in [0.15, 0.2) is 0 Å². The standard InChI is InChI=1S/C21H21F3N2O2/c22-21(23,24)17-8-5-14(6-9-17)16-11-12-26(13-16)19(27)10-7-15-3-1-2-4-18(15)20(25)28/h1-6,8-9,16H,7,10-13H2,(H2,25,28). The molecule has 7 heteroatoms. The Morgan fingerprint density at radius 3 is 2.39 bits per heavy atom. The van der Waals surface area contributed by atoms with Crippen molar-refractivity contribution in [3.63, 3.8) is 0 Å². The van der Waals surface area contributed by atoms with Crippen LogP contribution in [0.15, 0.2) is 48.5 Å². The Labute approximate surface area is 161 Å². The van der Waals surface area contributed by atoms with Gasteiger partial charge in [-0.1, -0.05) is 30.3 Å². The normalized spacial score (nSPS) is 17.0. The zero-order valence-electron chi connectivity index (χ0n) is 15.2. The summed E-state index contributed by atoms with van der Waals surface area (Å²) < 4.78 is 38.1. The molecule has 1 saturated heterocycles. The van der Waals surface area contributed by atoms with Gasteiger partial charge in [-0.05, 0) is 42.2 Å². The molecule has 148 valence electrons. The van der Waals surface area contributed by atoms with E-state index in [2.05, 4.69) is 0 Å². The van der Waals surface area contributed by atoms with Gasteiger partial charge < -0.3 is 10.6 Å². The number of nitrogens with two attached hydrogens (primary N) is 1. The molecular weight excluding hydrogens is 369 g/mol. The van der Waals surface area contributed by atoms with E-state index in [1.54, 1.807) is 29.2 Å². The molecule has 2 amide bonds. The number of hydrogen-bond acceptors (Lipinski definition) is 2. The number of primary amides is 1. The highest BCUT2D eigenvalue weighted by Crippen LogP contribution is 2.32. The molecule has 1 heterocycles. The van der Waals surface area contributed by atoms with Crippen molar-refractivity contribution in [3.8, 4) is 0 Å². The molecule has 0 spiro atoms. The fourth-order valence-electron chi connectivity index (χ4n) is 3.58.